The van der Waals surface area contributed by atoms with E-state index in [0.717, 1.165) is 19.6 Å². The second-order valence-corrected chi connectivity index (χ2v) is 2.24. The zero-order valence-electron chi connectivity index (χ0n) is 6.34. The van der Waals surface area contributed by atoms with Crippen molar-refractivity contribution in [3.8, 4) is 0 Å². The molecule has 0 amide bonds. The van der Waals surface area contributed by atoms with Crippen molar-refractivity contribution in [1.29, 1.82) is 0 Å². The van der Waals surface area contributed by atoms with E-state index in [-0.39, 0.29) is 0 Å². The molecular formula is C6H15N3S. The van der Waals surface area contributed by atoms with Crippen LogP contribution in [0.15, 0.2) is 0 Å². The van der Waals surface area contributed by atoms with E-state index >= 15 is 0 Å². The van der Waals surface area contributed by atoms with Crippen molar-refractivity contribution in [2.75, 3.05) is 33.2 Å². The molecule has 60 valence electrons. The number of thiocarbonyl (C=S) groups is 1. The maximum absolute atomic E-state index is 5.35. The standard InChI is InChI=1S/C6H15N3S/c1-8-3-5-9(6-10)4-2-7/h6,8H,2-5,7H2,1H3. The summed E-state index contributed by atoms with van der Waals surface area (Å²) in [6.07, 6.45) is 0. The molecule has 0 spiro atoms. The normalized spacial score (nSPS) is 9.40. The molecule has 0 aromatic rings. The lowest BCUT2D eigenvalue weighted by Crippen LogP contribution is -2.33. The molecule has 0 bridgehead atoms. The lowest BCUT2D eigenvalue weighted by molar-refractivity contribution is 0.443. The number of nitrogens with one attached hydrogen (secondary N) is 1. The highest BCUT2D eigenvalue weighted by molar-refractivity contribution is 7.78. The molecule has 0 aromatic heterocycles. The number of nitrogens with zero attached hydrogens (tertiary/aromatic N) is 1. The van der Waals surface area contributed by atoms with Crippen molar-refractivity contribution in [1.82, 2.24) is 10.2 Å². The Morgan fingerprint density at radius 2 is 2.30 bits per heavy atom. The monoisotopic (exact) mass is 161 g/mol. The van der Waals surface area contributed by atoms with Crippen molar-refractivity contribution < 1.29 is 0 Å². The number of likely N-dealkylation sites (N-methyl/N-ethyl adjacent to an activating group) is 1. The molecule has 0 fully saturated rings. The molecule has 0 aliphatic rings. The van der Waals surface area contributed by atoms with E-state index in [9.17, 15) is 0 Å². The van der Waals surface area contributed by atoms with Gasteiger partial charge in [0, 0.05) is 26.2 Å². The van der Waals surface area contributed by atoms with Crippen LogP contribution in [0.1, 0.15) is 0 Å². The Hall–Kier alpha value is -0.190. The van der Waals surface area contributed by atoms with Gasteiger partial charge in [-0.15, -0.1) is 0 Å². The predicted molar refractivity (Wildman–Crippen MR) is 48.2 cm³/mol. The van der Waals surface area contributed by atoms with Gasteiger partial charge >= 0.3 is 0 Å². The molecule has 0 aromatic carbocycles. The highest BCUT2D eigenvalue weighted by atomic mass is 32.1. The lowest BCUT2D eigenvalue weighted by atomic mass is 10.5. The summed E-state index contributed by atoms with van der Waals surface area (Å²) >= 11 is 4.77. The van der Waals surface area contributed by atoms with Gasteiger partial charge < -0.3 is 16.0 Å². The van der Waals surface area contributed by atoms with Gasteiger partial charge in [-0.1, -0.05) is 12.2 Å². The van der Waals surface area contributed by atoms with Crippen molar-refractivity contribution in [3.63, 3.8) is 0 Å². The predicted octanol–water partition coefficient (Wildman–Crippen LogP) is -0.576. The SMILES string of the molecule is CNCCN(C=S)CCN. The van der Waals surface area contributed by atoms with Crippen LogP contribution in [0, 0.1) is 0 Å². The minimum atomic E-state index is 0.664. The van der Waals surface area contributed by atoms with Gasteiger partial charge in [0.1, 0.15) is 0 Å². The smallest absolute Gasteiger partial charge is 0.0641 e. The number of rotatable bonds is 6. The zero-order valence-corrected chi connectivity index (χ0v) is 7.16. The fourth-order valence-corrected chi connectivity index (χ4v) is 0.849. The maximum Gasteiger partial charge on any atom is 0.0641 e. The van der Waals surface area contributed by atoms with E-state index in [0.29, 0.717) is 6.54 Å². The van der Waals surface area contributed by atoms with Crippen LogP contribution in [0.25, 0.3) is 0 Å². The van der Waals surface area contributed by atoms with Crippen molar-refractivity contribution in [3.05, 3.63) is 0 Å². The van der Waals surface area contributed by atoms with E-state index in [1.807, 2.05) is 11.9 Å². The number of nitrogens with two attached hydrogens (primary N) is 1. The fraction of sp³-hybridized carbons (Fsp3) is 0.833. The average molecular weight is 161 g/mol. The first-order valence-corrected chi connectivity index (χ1v) is 3.86. The highest BCUT2D eigenvalue weighted by Gasteiger charge is 1.94. The quantitative estimate of drug-likeness (QED) is 0.512. The van der Waals surface area contributed by atoms with Crippen molar-refractivity contribution in [2.45, 2.75) is 0 Å². The van der Waals surface area contributed by atoms with Crippen LogP contribution in [0.5, 0.6) is 0 Å². The molecule has 3 N–H and O–H groups in total. The molecule has 0 saturated heterocycles. The van der Waals surface area contributed by atoms with Crippen LogP contribution in [-0.2, 0) is 0 Å². The largest absolute Gasteiger partial charge is 0.366 e. The van der Waals surface area contributed by atoms with E-state index in [1.165, 1.54) is 0 Å². The van der Waals surface area contributed by atoms with Crippen LogP contribution >= 0.6 is 12.2 Å². The van der Waals surface area contributed by atoms with Crippen LogP contribution in [0.2, 0.25) is 0 Å². The van der Waals surface area contributed by atoms with Crippen molar-refractivity contribution >= 4 is 17.7 Å². The summed E-state index contributed by atoms with van der Waals surface area (Å²) in [4.78, 5) is 2.02. The molecule has 0 saturated carbocycles. The minimum absolute atomic E-state index is 0.664. The topological polar surface area (TPSA) is 41.3 Å². The van der Waals surface area contributed by atoms with Crippen molar-refractivity contribution in [2.24, 2.45) is 5.73 Å². The third-order valence-corrected chi connectivity index (χ3v) is 1.51. The molecule has 4 heteroatoms. The Morgan fingerprint density at radius 3 is 2.70 bits per heavy atom. The Balaban J connectivity index is 3.29. The number of hydrogen-bond donors (Lipinski definition) is 2. The molecule has 0 aliphatic heterocycles. The first-order chi connectivity index (χ1) is 4.85. The fourth-order valence-electron chi connectivity index (χ4n) is 0.638. The molecular weight excluding hydrogens is 146 g/mol. The van der Waals surface area contributed by atoms with Gasteiger partial charge in [0.25, 0.3) is 0 Å². The summed E-state index contributed by atoms with van der Waals surface area (Å²) in [5, 5.41) is 3.04. The average Bonchev–Trinajstić information content (AvgIpc) is 1.98. The Morgan fingerprint density at radius 1 is 1.60 bits per heavy atom. The summed E-state index contributed by atoms with van der Waals surface area (Å²) in [5.74, 6) is 0. The van der Waals surface area contributed by atoms with Gasteiger partial charge in [0.2, 0.25) is 0 Å². The molecule has 0 radical (unpaired) electrons. The van der Waals surface area contributed by atoms with Gasteiger partial charge in [-0.25, -0.2) is 0 Å². The molecule has 0 rings (SSSR count). The van der Waals surface area contributed by atoms with Crippen LogP contribution in [0.3, 0.4) is 0 Å². The van der Waals surface area contributed by atoms with Gasteiger partial charge in [-0.3, -0.25) is 0 Å². The zero-order chi connectivity index (χ0) is 7.82. The van der Waals surface area contributed by atoms with E-state index < -0.39 is 0 Å². The van der Waals surface area contributed by atoms with Gasteiger partial charge in [0.05, 0.1) is 5.49 Å². The second-order valence-electron chi connectivity index (χ2n) is 2.03. The molecule has 0 atom stereocenters. The first-order valence-electron chi connectivity index (χ1n) is 3.39. The van der Waals surface area contributed by atoms with E-state index in [2.05, 4.69) is 5.32 Å². The molecule has 10 heavy (non-hydrogen) atoms. The van der Waals surface area contributed by atoms with Crippen LogP contribution in [-0.4, -0.2) is 43.6 Å². The van der Waals surface area contributed by atoms with E-state index in [1.54, 1.807) is 5.49 Å². The van der Waals surface area contributed by atoms with Gasteiger partial charge in [-0.05, 0) is 7.05 Å². The summed E-state index contributed by atoms with van der Waals surface area (Å²) < 4.78 is 0. The Labute approximate surface area is 67.6 Å². The maximum atomic E-state index is 5.35. The summed E-state index contributed by atoms with van der Waals surface area (Å²) in [7, 11) is 1.92. The Kier molecular flexibility index (Phi) is 6.79. The molecule has 0 heterocycles. The summed E-state index contributed by atoms with van der Waals surface area (Å²) in [5.41, 5.74) is 7.01. The third-order valence-electron chi connectivity index (χ3n) is 1.21. The molecule has 3 nitrogen and oxygen atoms in total. The van der Waals surface area contributed by atoms with Gasteiger partial charge in [-0.2, -0.15) is 0 Å². The Bertz CT molecular complexity index is 87.1. The van der Waals surface area contributed by atoms with E-state index in [4.69, 9.17) is 18.0 Å². The molecule has 0 aliphatic carbocycles. The van der Waals surface area contributed by atoms with Crippen LogP contribution < -0.4 is 11.1 Å². The van der Waals surface area contributed by atoms with Gasteiger partial charge in [0.15, 0.2) is 0 Å². The lowest BCUT2D eigenvalue weighted by Gasteiger charge is -2.16. The third kappa shape index (κ3) is 4.67. The summed E-state index contributed by atoms with van der Waals surface area (Å²) in [6, 6.07) is 0. The highest BCUT2D eigenvalue weighted by Crippen LogP contribution is 1.79. The second kappa shape index (κ2) is 6.92. The van der Waals surface area contributed by atoms with Crippen LogP contribution in [0.4, 0.5) is 0 Å². The minimum Gasteiger partial charge on any atom is -0.366 e. The first kappa shape index (κ1) is 9.81. The number of hydrogen-bond acceptors (Lipinski definition) is 3. The summed E-state index contributed by atoms with van der Waals surface area (Å²) in [6.45, 7) is 3.41. The molecule has 0 unspecified atom stereocenters.